The van der Waals surface area contributed by atoms with Gasteiger partial charge >= 0.3 is 0 Å². The molecule has 0 radical (unpaired) electrons. The van der Waals surface area contributed by atoms with Crippen molar-refractivity contribution >= 4 is 27.3 Å². The number of nitrogens with two attached hydrogens (primary N) is 1. The van der Waals surface area contributed by atoms with Crippen molar-refractivity contribution in [2.24, 2.45) is 5.73 Å². The van der Waals surface area contributed by atoms with E-state index in [4.69, 9.17) is 15.2 Å². The third-order valence-electron chi connectivity index (χ3n) is 3.68. The van der Waals surface area contributed by atoms with Crippen LogP contribution in [0.5, 0.6) is 5.75 Å². The smallest absolute Gasteiger partial charge is 0.258 e. The summed E-state index contributed by atoms with van der Waals surface area (Å²) in [6.07, 6.45) is 4.37. The molecule has 0 saturated carbocycles. The van der Waals surface area contributed by atoms with Crippen LogP contribution in [-0.2, 0) is 17.8 Å². The van der Waals surface area contributed by atoms with Gasteiger partial charge in [-0.1, -0.05) is 12.1 Å². The molecule has 0 aliphatic rings. The van der Waals surface area contributed by atoms with E-state index in [0.29, 0.717) is 18.1 Å². The Labute approximate surface area is 144 Å². The Kier molecular flexibility index (Phi) is 5.08. The van der Waals surface area contributed by atoms with Crippen molar-refractivity contribution in [1.82, 2.24) is 4.98 Å². The summed E-state index contributed by atoms with van der Waals surface area (Å²) >= 11 is 1.35. The number of ether oxygens (including phenoxy) is 2. The van der Waals surface area contributed by atoms with Gasteiger partial charge in [0.15, 0.2) is 0 Å². The molecule has 2 N–H and O–H groups in total. The molecule has 0 saturated heterocycles. The largest absolute Gasteiger partial charge is 0.489 e. The van der Waals surface area contributed by atoms with Crippen LogP contribution in [0.3, 0.4) is 0 Å². The minimum absolute atomic E-state index is 0.386. The van der Waals surface area contributed by atoms with Crippen LogP contribution in [0, 0.1) is 0 Å². The van der Waals surface area contributed by atoms with Crippen LogP contribution in [0.15, 0.2) is 42.7 Å². The molecule has 3 rings (SSSR count). The van der Waals surface area contributed by atoms with E-state index < -0.39 is 5.91 Å². The fourth-order valence-electron chi connectivity index (χ4n) is 2.39. The van der Waals surface area contributed by atoms with Crippen LogP contribution >= 0.6 is 11.3 Å². The Balaban J connectivity index is 1.72. The van der Waals surface area contributed by atoms with Crippen molar-refractivity contribution in [3.63, 3.8) is 0 Å². The third kappa shape index (κ3) is 3.72. The molecular formula is C18H18N2O3S. The van der Waals surface area contributed by atoms with Crippen molar-refractivity contribution in [1.29, 1.82) is 0 Å². The lowest BCUT2D eigenvalue weighted by molar-refractivity contribution is 0.100. The van der Waals surface area contributed by atoms with Gasteiger partial charge in [-0.15, -0.1) is 11.3 Å². The molecule has 0 atom stereocenters. The lowest BCUT2D eigenvalue weighted by Gasteiger charge is -2.08. The first-order valence-electron chi connectivity index (χ1n) is 7.54. The minimum Gasteiger partial charge on any atom is -0.489 e. The molecule has 0 unspecified atom stereocenters. The van der Waals surface area contributed by atoms with Gasteiger partial charge in [-0.2, -0.15) is 0 Å². The summed E-state index contributed by atoms with van der Waals surface area (Å²) in [5.74, 6) is 0.369. The van der Waals surface area contributed by atoms with Gasteiger partial charge in [-0.05, 0) is 30.2 Å². The van der Waals surface area contributed by atoms with E-state index in [1.807, 2.05) is 24.3 Å². The monoisotopic (exact) mass is 342 g/mol. The lowest BCUT2D eigenvalue weighted by atomic mass is 10.1. The van der Waals surface area contributed by atoms with E-state index in [0.717, 1.165) is 27.8 Å². The maximum atomic E-state index is 11.3. The number of primary amides is 1. The van der Waals surface area contributed by atoms with Gasteiger partial charge in [0, 0.05) is 30.5 Å². The molecule has 124 valence electrons. The first kappa shape index (κ1) is 16.4. The van der Waals surface area contributed by atoms with E-state index in [9.17, 15) is 4.79 Å². The van der Waals surface area contributed by atoms with Crippen molar-refractivity contribution in [3.8, 4) is 5.75 Å². The number of aromatic nitrogens is 1. The van der Waals surface area contributed by atoms with Crippen LogP contribution in [0.25, 0.3) is 10.1 Å². The van der Waals surface area contributed by atoms with Gasteiger partial charge in [-0.3, -0.25) is 9.78 Å². The molecule has 0 aliphatic heterocycles. The number of nitrogens with zero attached hydrogens (tertiary/aromatic N) is 1. The molecule has 6 heteroatoms. The fraction of sp³-hybridized carbons (Fsp3) is 0.222. The van der Waals surface area contributed by atoms with Crippen molar-refractivity contribution < 1.29 is 14.3 Å². The molecule has 0 spiro atoms. The molecule has 1 amide bonds. The number of hydrogen-bond acceptors (Lipinski definition) is 5. The highest BCUT2D eigenvalue weighted by molar-refractivity contribution is 7.20. The summed E-state index contributed by atoms with van der Waals surface area (Å²) < 4.78 is 11.8. The minimum atomic E-state index is -0.422. The SMILES string of the molecule is COCCc1ccc(OCc2cncc3sc(C(N)=O)cc23)cc1. The molecular weight excluding hydrogens is 324 g/mol. The first-order chi connectivity index (χ1) is 11.7. The fourth-order valence-corrected chi connectivity index (χ4v) is 3.31. The number of rotatable bonds is 7. The predicted molar refractivity (Wildman–Crippen MR) is 94.5 cm³/mol. The number of amides is 1. The van der Waals surface area contributed by atoms with Crippen LogP contribution < -0.4 is 10.5 Å². The van der Waals surface area contributed by atoms with E-state index in [1.165, 1.54) is 16.9 Å². The number of carbonyl (C=O) groups is 1. The standard InChI is InChI=1S/C18H18N2O3S/c1-22-7-6-12-2-4-14(5-3-12)23-11-13-9-20-10-17-15(13)8-16(24-17)18(19)21/h2-5,8-10H,6-7,11H2,1H3,(H2,19,21). The average Bonchev–Trinajstić information content (AvgIpc) is 3.04. The maximum Gasteiger partial charge on any atom is 0.258 e. The van der Waals surface area contributed by atoms with E-state index in [1.54, 1.807) is 25.6 Å². The first-order valence-corrected chi connectivity index (χ1v) is 8.36. The Hall–Kier alpha value is -2.44. The van der Waals surface area contributed by atoms with Crippen LogP contribution in [0.2, 0.25) is 0 Å². The van der Waals surface area contributed by atoms with Crippen molar-refractivity contribution in [2.45, 2.75) is 13.0 Å². The van der Waals surface area contributed by atoms with Gasteiger partial charge in [-0.25, -0.2) is 0 Å². The molecule has 2 heterocycles. The molecule has 0 fully saturated rings. The molecule has 0 aliphatic carbocycles. The van der Waals surface area contributed by atoms with Crippen molar-refractivity contribution in [2.75, 3.05) is 13.7 Å². The van der Waals surface area contributed by atoms with Gasteiger partial charge < -0.3 is 15.2 Å². The number of thiophene rings is 1. The van der Waals surface area contributed by atoms with E-state index in [-0.39, 0.29) is 0 Å². The summed E-state index contributed by atoms with van der Waals surface area (Å²) in [5, 5.41) is 0.959. The summed E-state index contributed by atoms with van der Waals surface area (Å²) in [5.41, 5.74) is 7.49. The van der Waals surface area contributed by atoms with E-state index in [2.05, 4.69) is 4.98 Å². The van der Waals surface area contributed by atoms with Gasteiger partial charge in [0.1, 0.15) is 12.4 Å². The third-order valence-corrected chi connectivity index (χ3v) is 4.77. The summed E-state index contributed by atoms with van der Waals surface area (Å²) in [4.78, 5) is 16.1. The average molecular weight is 342 g/mol. The Morgan fingerprint density at radius 2 is 2.04 bits per heavy atom. The molecule has 5 nitrogen and oxygen atoms in total. The molecule has 24 heavy (non-hydrogen) atoms. The summed E-state index contributed by atoms with van der Waals surface area (Å²) in [6.45, 7) is 1.09. The Morgan fingerprint density at radius 1 is 1.25 bits per heavy atom. The number of fused-ring (bicyclic) bond motifs is 1. The second-order valence-electron chi connectivity index (χ2n) is 5.36. The lowest BCUT2D eigenvalue weighted by Crippen LogP contribution is -2.08. The van der Waals surface area contributed by atoms with Crippen LogP contribution in [0.1, 0.15) is 20.8 Å². The maximum absolute atomic E-state index is 11.3. The zero-order valence-corrected chi connectivity index (χ0v) is 14.1. The number of pyridine rings is 1. The Bertz CT molecular complexity index is 843. The number of methoxy groups -OCH3 is 1. The van der Waals surface area contributed by atoms with Crippen LogP contribution in [0.4, 0.5) is 0 Å². The van der Waals surface area contributed by atoms with E-state index >= 15 is 0 Å². The summed E-state index contributed by atoms with van der Waals surface area (Å²) in [6, 6.07) is 9.75. The van der Waals surface area contributed by atoms with Gasteiger partial charge in [0.2, 0.25) is 0 Å². The zero-order valence-electron chi connectivity index (χ0n) is 13.3. The quantitative estimate of drug-likeness (QED) is 0.716. The normalized spacial score (nSPS) is 10.9. The molecule has 0 bridgehead atoms. The molecule has 1 aromatic carbocycles. The second kappa shape index (κ2) is 7.42. The molecule has 2 aromatic heterocycles. The topological polar surface area (TPSA) is 74.4 Å². The number of hydrogen-bond donors (Lipinski definition) is 1. The van der Waals surface area contributed by atoms with Crippen molar-refractivity contribution in [3.05, 3.63) is 58.7 Å². The van der Waals surface area contributed by atoms with Crippen LogP contribution in [-0.4, -0.2) is 24.6 Å². The highest BCUT2D eigenvalue weighted by Crippen LogP contribution is 2.28. The zero-order chi connectivity index (χ0) is 16.9. The highest BCUT2D eigenvalue weighted by atomic mass is 32.1. The van der Waals surface area contributed by atoms with Gasteiger partial charge in [0.05, 0.1) is 16.2 Å². The number of carbonyl (C=O) groups excluding carboxylic acids is 1. The summed E-state index contributed by atoms with van der Waals surface area (Å²) in [7, 11) is 1.69. The van der Waals surface area contributed by atoms with Gasteiger partial charge in [0.25, 0.3) is 5.91 Å². The highest BCUT2D eigenvalue weighted by Gasteiger charge is 2.10. The predicted octanol–water partition coefficient (Wildman–Crippen LogP) is 3.16. The second-order valence-corrected chi connectivity index (χ2v) is 6.44. The number of benzene rings is 1. The molecule has 3 aromatic rings. The Morgan fingerprint density at radius 3 is 2.75 bits per heavy atom.